The molecule has 2 aliphatic carbocycles. The minimum atomic E-state index is 0.312. The Morgan fingerprint density at radius 3 is 2.04 bits per heavy atom. The number of unbranched alkanes of at least 4 members (excludes halogenated alkanes) is 3. The average molecular weight is 359 g/mol. The van der Waals surface area contributed by atoms with Gasteiger partial charge in [-0.2, -0.15) is 0 Å². The molecule has 0 bridgehead atoms. The quantitative estimate of drug-likeness (QED) is 0.450. The van der Waals surface area contributed by atoms with Gasteiger partial charge in [0.2, 0.25) is 0 Å². The van der Waals surface area contributed by atoms with E-state index in [0.717, 1.165) is 11.8 Å². The molecule has 2 aliphatic rings. The molecular weight excluding hydrogens is 324 g/mol. The maximum atomic E-state index is 4.69. The molecule has 0 heteroatoms. The minimum Gasteiger partial charge on any atom is -0.0947 e. The fourth-order valence-corrected chi connectivity index (χ4v) is 5.86. The van der Waals surface area contributed by atoms with E-state index in [1.54, 1.807) is 11.1 Å². The number of hydrogen-bond acceptors (Lipinski definition) is 0. The second-order valence-electron chi connectivity index (χ2n) is 9.04. The first kappa shape index (κ1) is 18.5. The number of hydrogen-bond donors (Lipinski definition) is 0. The second-order valence-corrected chi connectivity index (χ2v) is 9.04. The van der Waals surface area contributed by atoms with Crippen molar-refractivity contribution in [3.05, 3.63) is 77.9 Å². The topological polar surface area (TPSA) is 0 Å². The SMILES string of the molecule is C=C(c1ccccc1)C1(CCCCCC)C[C@H]2Cc3ccccc3C[C@H]2C1. The third-order valence-corrected chi connectivity index (χ3v) is 7.33. The number of fused-ring (bicyclic) bond motifs is 2. The lowest BCUT2D eigenvalue weighted by Gasteiger charge is -2.33. The predicted octanol–water partition coefficient (Wildman–Crippen LogP) is 7.48. The summed E-state index contributed by atoms with van der Waals surface area (Å²) in [6, 6.07) is 20.2. The molecule has 0 spiro atoms. The molecule has 0 saturated heterocycles. The van der Waals surface area contributed by atoms with Crippen LogP contribution in [0.2, 0.25) is 0 Å². The molecule has 1 unspecified atom stereocenters. The van der Waals surface area contributed by atoms with Crippen LogP contribution < -0.4 is 0 Å². The highest BCUT2D eigenvalue weighted by Crippen LogP contribution is 2.58. The van der Waals surface area contributed by atoms with Gasteiger partial charge in [-0.25, -0.2) is 0 Å². The number of rotatable bonds is 7. The van der Waals surface area contributed by atoms with Crippen LogP contribution in [0.15, 0.2) is 61.2 Å². The maximum Gasteiger partial charge on any atom is -0.00412 e. The smallest absolute Gasteiger partial charge is 0.00412 e. The Bertz CT molecular complexity index is 737. The molecule has 142 valence electrons. The van der Waals surface area contributed by atoms with Gasteiger partial charge in [0.25, 0.3) is 0 Å². The van der Waals surface area contributed by atoms with Crippen LogP contribution in [0.3, 0.4) is 0 Å². The van der Waals surface area contributed by atoms with Gasteiger partial charge < -0.3 is 0 Å². The summed E-state index contributed by atoms with van der Waals surface area (Å²) in [6.45, 7) is 6.99. The molecular formula is C27H34. The van der Waals surface area contributed by atoms with E-state index in [4.69, 9.17) is 0 Å². The fraction of sp³-hybridized carbons (Fsp3) is 0.481. The summed E-state index contributed by atoms with van der Waals surface area (Å²) in [6.07, 6.45) is 12.0. The lowest BCUT2D eigenvalue weighted by molar-refractivity contribution is 0.344. The van der Waals surface area contributed by atoms with Crippen LogP contribution in [0.1, 0.15) is 68.6 Å². The molecule has 27 heavy (non-hydrogen) atoms. The van der Waals surface area contributed by atoms with Crippen LogP contribution >= 0.6 is 0 Å². The molecule has 2 aromatic carbocycles. The zero-order valence-corrected chi connectivity index (χ0v) is 16.9. The zero-order valence-electron chi connectivity index (χ0n) is 16.9. The zero-order chi connectivity index (χ0) is 18.7. The lowest BCUT2D eigenvalue weighted by atomic mass is 9.71. The first-order chi connectivity index (χ1) is 13.2. The van der Waals surface area contributed by atoms with Gasteiger partial charge in [0.15, 0.2) is 0 Å². The van der Waals surface area contributed by atoms with E-state index in [1.807, 2.05) is 0 Å². The normalized spacial score (nSPS) is 26.4. The van der Waals surface area contributed by atoms with Crippen LogP contribution in [0.4, 0.5) is 0 Å². The molecule has 0 aliphatic heterocycles. The van der Waals surface area contributed by atoms with Crippen LogP contribution in [0.25, 0.3) is 5.57 Å². The van der Waals surface area contributed by atoms with Gasteiger partial charge >= 0.3 is 0 Å². The van der Waals surface area contributed by atoms with Crippen molar-refractivity contribution in [1.29, 1.82) is 0 Å². The van der Waals surface area contributed by atoms with Gasteiger partial charge in [-0.1, -0.05) is 93.8 Å². The summed E-state index contributed by atoms with van der Waals surface area (Å²) in [4.78, 5) is 0. The first-order valence-corrected chi connectivity index (χ1v) is 11.0. The third kappa shape index (κ3) is 3.77. The van der Waals surface area contributed by atoms with Crippen molar-refractivity contribution in [2.24, 2.45) is 17.3 Å². The van der Waals surface area contributed by atoms with Gasteiger partial charge in [-0.15, -0.1) is 0 Å². The highest BCUT2D eigenvalue weighted by atomic mass is 14.5. The highest BCUT2D eigenvalue weighted by molar-refractivity contribution is 5.69. The van der Waals surface area contributed by atoms with Crippen molar-refractivity contribution >= 4 is 5.57 Å². The first-order valence-electron chi connectivity index (χ1n) is 11.0. The molecule has 0 radical (unpaired) electrons. The van der Waals surface area contributed by atoms with Gasteiger partial charge in [0.05, 0.1) is 0 Å². The molecule has 1 fully saturated rings. The Morgan fingerprint density at radius 1 is 0.852 bits per heavy atom. The van der Waals surface area contributed by atoms with Crippen LogP contribution in [0.5, 0.6) is 0 Å². The summed E-state index contributed by atoms with van der Waals surface area (Å²) in [5, 5.41) is 0. The largest absolute Gasteiger partial charge is 0.0947 e. The van der Waals surface area contributed by atoms with Crippen molar-refractivity contribution in [2.75, 3.05) is 0 Å². The second kappa shape index (κ2) is 8.05. The Labute approximate surface area is 165 Å². The molecule has 1 saturated carbocycles. The Morgan fingerprint density at radius 2 is 1.44 bits per heavy atom. The Kier molecular flexibility index (Phi) is 5.53. The van der Waals surface area contributed by atoms with Gasteiger partial charge in [0, 0.05) is 0 Å². The van der Waals surface area contributed by atoms with Gasteiger partial charge in [-0.05, 0) is 71.6 Å². The minimum absolute atomic E-state index is 0.312. The van der Waals surface area contributed by atoms with E-state index in [2.05, 4.69) is 68.1 Å². The Hall–Kier alpha value is -1.82. The summed E-state index contributed by atoms with van der Waals surface area (Å²) in [7, 11) is 0. The Balaban J connectivity index is 1.58. The van der Waals surface area contributed by atoms with Crippen molar-refractivity contribution in [3.8, 4) is 0 Å². The van der Waals surface area contributed by atoms with Crippen molar-refractivity contribution in [3.63, 3.8) is 0 Å². The fourth-order valence-electron chi connectivity index (χ4n) is 5.86. The molecule has 2 aromatic rings. The highest BCUT2D eigenvalue weighted by Gasteiger charge is 2.47. The average Bonchev–Trinajstić information content (AvgIpc) is 3.08. The van der Waals surface area contributed by atoms with Crippen LogP contribution in [0, 0.1) is 17.3 Å². The van der Waals surface area contributed by atoms with Gasteiger partial charge in [0.1, 0.15) is 0 Å². The molecule has 0 N–H and O–H groups in total. The summed E-state index contributed by atoms with van der Waals surface area (Å²) < 4.78 is 0. The van der Waals surface area contributed by atoms with Crippen molar-refractivity contribution in [2.45, 2.75) is 64.7 Å². The molecule has 3 atom stereocenters. The summed E-state index contributed by atoms with van der Waals surface area (Å²) >= 11 is 0. The lowest BCUT2D eigenvalue weighted by Crippen LogP contribution is -2.20. The predicted molar refractivity (Wildman–Crippen MR) is 117 cm³/mol. The van der Waals surface area contributed by atoms with E-state index in [0.29, 0.717) is 5.41 Å². The third-order valence-electron chi connectivity index (χ3n) is 7.33. The van der Waals surface area contributed by atoms with Crippen molar-refractivity contribution < 1.29 is 0 Å². The van der Waals surface area contributed by atoms with E-state index in [1.165, 1.54) is 68.9 Å². The van der Waals surface area contributed by atoms with E-state index < -0.39 is 0 Å². The monoisotopic (exact) mass is 358 g/mol. The van der Waals surface area contributed by atoms with Gasteiger partial charge in [-0.3, -0.25) is 0 Å². The van der Waals surface area contributed by atoms with Crippen LogP contribution in [-0.4, -0.2) is 0 Å². The van der Waals surface area contributed by atoms with E-state index >= 15 is 0 Å². The molecule has 4 rings (SSSR count). The summed E-state index contributed by atoms with van der Waals surface area (Å²) in [5.74, 6) is 1.68. The van der Waals surface area contributed by atoms with Crippen molar-refractivity contribution in [1.82, 2.24) is 0 Å². The van der Waals surface area contributed by atoms with E-state index in [9.17, 15) is 0 Å². The molecule has 0 heterocycles. The molecule has 0 aromatic heterocycles. The maximum absolute atomic E-state index is 4.69. The van der Waals surface area contributed by atoms with Crippen LogP contribution in [-0.2, 0) is 12.8 Å². The standard InChI is InChI=1S/C27H34/c1-3-4-5-11-16-27(21(2)22-12-7-6-8-13-22)19-25-17-23-14-9-10-15-24(23)18-26(25)20-27/h6-10,12-15,25-26H,2-5,11,16-20H2,1H3/t25-,26+,27?. The molecule has 0 amide bonds. The van der Waals surface area contributed by atoms with E-state index in [-0.39, 0.29) is 0 Å². The number of benzene rings is 2. The molecule has 0 nitrogen and oxygen atoms in total. The summed E-state index contributed by atoms with van der Waals surface area (Å²) in [5.41, 5.74) is 6.30. The number of allylic oxidation sites excluding steroid dienone is 1.